The number of nitrogens with one attached hydrogen (secondary N) is 1. The Labute approximate surface area is 134 Å². The normalized spacial score (nSPS) is 18.5. The fourth-order valence-corrected chi connectivity index (χ4v) is 3.40. The van der Waals surface area contributed by atoms with E-state index in [1.54, 1.807) is 0 Å². The van der Waals surface area contributed by atoms with Crippen LogP contribution in [0.2, 0.25) is 18.1 Å². The summed E-state index contributed by atoms with van der Waals surface area (Å²) in [7, 11) is -0.420. The van der Waals surface area contributed by atoms with Crippen molar-refractivity contribution in [3.8, 4) is 5.75 Å². The Kier molecular flexibility index (Phi) is 4.68. The van der Waals surface area contributed by atoms with Gasteiger partial charge in [0.15, 0.2) is 0 Å². The molecule has 1 aromatic carbocycles. The molecule has 2 rings (SSSR count). The summed E-state index contributed by atoms with van der Waals surface area (Å²) < 4.78 is 11.2. The van der Waals surface area contributed by atoms with Crippen LogP contribution in [0.3, 0.4) is 0 Å². The quantitative estimate of drug-likeness (QED) is 0.684. The van der Waals surface area contributed by atoms with Crippen LogP contribution in [0.4, 0.5) is 0 Å². The maximum Gasteiger partial charge on any atom is 0.327 e. The minimum atomic E-state index is -1.84. The van der Waals surface area contributed by atoms with E-state index in [4.69, 9.17) is 9.16 Å². The van der Waals surface area contributed by atoms with Gasteiger partial charge < -0.3 is 14.5 Å². The largest absolute Gasteiger partial charge is 0.543 e. The fraction of sp³-hybridized carbons (Fsp3) is 0.588. The number of methoxy groups -OCH3 is 1. The van der Waals surface area contributed by atoms with Gasteiger partial charge in [-0.1, -0.05) is 26.8 Å². The van der Waals surface area contributed by atoms with Crippen molar-refractivity contribution in [1.82, 2.24) is 5.32 Å². The van der Waals surface area contributed by atoms with Crippen LogP contribution in [-0.4, -0.2) is 27.9 Å². The van der Waals surface area contributed by atoms with Gasteiger partial charge in [0.25, 0.3) is 0 Å². The first-order valence-corrected chi connectivity index (χ1v) is 10.7. The molecule has 0 fully saturated rings. The molecule has 1 aliphatic heterocycles. The Hall–Kier alpha value is -1.33. The second-order valence-corrected chi connectivity index (χ2v) is 12.1. The van der Waals surface area contributed by atoms with Crippen LogP contribution in [0.1, 0.15) is 37.9 Å². The molecule has 1 aliphatic rings. The summed E-state index contributed by atoms with van der Waals surface area (Å²) in [5.41, 5.74) is 2.17. The predicted molar refractivity (Wildman–Crippen MR) is 90.7 cm³/mol. The predicted octanol–water partition coefficient (Wildman–Crippen LogP) is 3.43. The molecule has 0 saturated carbocycles. The number of fused-ring (bicyclic) bond motifs is 1. The standard InChI is InChI=1S/C17H27NO3Si/c1-17(2,3)22(5,6)21-13-7-8-14-12(11-13)9-10-18-15(14)16(19)20-4/h7-8,11,15,18H,9-10H2,1-6H3. The average molecular weight is 321 g/mol. The van der Waals surface area contributed by atoms with Crippen molar-refractivity contribution in [2.75, 3.05) is 13.7 Å². The minimum Gasteiger partial charge on any atom is -0.543 e. The highest BCUT2D eigenvalue weighted by Gasteiger charge is 2.39. The van der Waals surface area contributed by atoms with Gasteiger partial charge in [-0.25, -0.2) is 4.79 Å². The molecule has 4 nitrogen and oxygen atoms in total. The molecule has 0 aromatic heterocycles. The van der Waals surface area contributed by atoms with Gasteiger partial charge in [-0.15, -0.1) is 0 Å². The lowest BCUT2D eigenvalue weighted by molar-refractivity contribution is -0.143. The van der Waals surface area contributed by atoms with Crippen molar-refractivity contribution < 1.29 is 14.0 Å². The first-order valence-electron chi connectivity index (χ1n) is 7.79. The molecule has 1 atom stereocenters. The molecule has 0 saturated heterocycles. The van der Waals surface area contributed by atoms with Crippen molar-refractivity contribution >= 4 is 14.3 Å². The first kappa shape index (κ1) is 17.0. The molecule has 22 heavy (non-hydrogen) atoms. The van der Waals surface area contributed by atoms with Gasteiger partial charge in [0.05, 0.1) is 7.11 Å². The van der Waals surface area contributed by atoms with Crippen LogP contribution in [0.25, 0.3) is 0 Å². The molecule has 1 unspecified atom stereocenters. The van der Waals surface area contributed by atoms with E-state index in [1.165, 1.54) is 12.7 Å². The number of esters is 1. The SMILES string of the molecule is COC(=O)C1NCCc2cc(O[Si](C)(C)C(C)(C)C)ccc21. The molecule has 0 aliphatic carbocycles. The van der Waals surface area contributed by atoms with Crippen LogP contribution in [0.5, 0.6) is 5.75 Å². The summed E-state index contributed by atoms with van der Waals surface area (Å²) in [5.74, 6) is 0.676. The Bertz CT molecular complexity index is 564. The lowest BCUT2D eigenvalue weighted by Gasteiger charge is -2.37. The Morgan fingerprint density at radius 1 is 1.32 bits per heavy atom. The molecule has 0 bridgehead atoms. The lowest BCUT2D eigenvalue weighted by Crippen LogP contribution is -2.44. The maximum atomic E-state index is 11.9. The van der Waals surface area contributed by atoms with E-state index in [0.717, 1.165) is 24.3 Å². The summed E-state index contributed by atoms with van der Waals surface area (Å²) in [6.45, 7) is 11.9. The molecule has 0 spiro atoms. The highest BCUT2D eigenvalue weighted by atomic mass is 28.4. The smallest absolute Gasteiger partial charge is 0.327 e. The van der Waals surface area contributed by atoms with E-state index < -0.39 is 8.32 Å². The van der Waals surface area contributed by atoms with Crippen LogP contribution < -0.4 is 9.74 Å². The van der Waals surface area contributed by atoms with Crippen LogP contribution in [-0.2, 0) is 16.0 Å². The average Bonchev–Trinajstić information content (AvgIpc) is 2.44. The van der Waals surface area contributed by atoms with Crippen LogP contribution >= 0.6 is 0 Å². The van der Waals surface area contributed by atoms with Gasteiger partial charge >= 0.3 is 5.97 Å². The Morgan fingerprint density at radius 2 is 2.00 bits per heavy atom. The zero-order valence-corrected chi connectivity index (χ0v) is 15.4. The Morgan fingerprint density at radius 3 is 2.59 bits per heavy atom. The number of rotatable bonds is 3. The molecule has 0 amide bonds. The van der Waals surface area contributed by atoms with Gasteiger partial charge in [-0.2, -0.15) is 0 Å². The summed E-state index contributed by atoms with van der Waals surface area (Å²) in [5, 5.41) is 3.38. The number of hydrogen-bond donors (Lipinski definition) is 1. The van der Waals surface area contributed by atoms with Crippen LogP contribution in [0.15, 0.2) is 18.2 Å². The molecule has 5 heteroatoms. The molecule has 122 valence electrons. The lowest BCUT2D eigenvalue weighted by atomic mass is 9.94. The van der Waals surface area contributed by atoms with Crippen molar-refractivity contribution in [3.05, 3.63) is 29.3 Å². The van der Waals surface area contributed by atoms with Crippen molar-refractivity contribution in [3.63, 3.8) is 0 Å². The van der Waals surface area contributed by atoms with E-state index in [1.807, 2.05) is 12.1 Å². The van der Waals surface area contributed by atoms with Gasteiger partial charge in [0, 0.05) is 6.54 Å². The first-order chi connectivity index (χ1) is 10.2. The zero-order valence-electron chi connectivity index (χ0n) is 14.4. The molecule has 0 radical (unpaired) electrons. The van der Waals surface area contributed by atoms with Crippen LogP contribution in [0, 0.1) is 0 Å². The summed E-state index contributed by atoms with van der Waals surface area (Å²) in [4.78, 5) is 11.9. The fourth-order valence-electron chi connectivity index (χ4n) is 2.38. The van der Waals surface area contributed by atoms with E-state index in [0.29, 0.717) is 0 Å². The third kappa shape index (κ3) is 3.36. The number of benzene rings is 1. The number of carbonyl (C=O) groups excluding carboxylic acids is 1. The maximum absolute atomic E-state index is 11.9. The van der Waals surface area contributed by atoms with Crippen molar-refractivity contribution in [2.24, 2.45) is 0 Å². The third-order valence-electron chi connectivity index (χ3n) is 4.78. The van der Waals surface area contributed by atoms with E-state index in [9.17, 15) is 4.79 Å². The topological polar surface area (TPSA) is 47.6 Å². The second kappa shape index (κ2) is 6.05. The number of carbonyl (C=O) groups is 1. The van der Waals surface area contributed by atoms with Gasteiger partial charge in [0.1, 0.15) is 11.8 Å². The highest BCUT2D eigenvalue weighted by Crippen LogP contribution is 2.38. The van der Waals surface area contributed by atoms with Crippen molar-refractivity contribution in [1.29, 1.82) is 0 Å². The van der Waals surface area contributed by atoms with Crippen molar-refractivity contribution in [2.45, 2.75) is 51.4 Å². The molecule has 1 heterocycles. The van der Waals surface area contributed by atoms with E-state index in [2.05, 4.69) is 45.2 Å². The van der Waals surface area contributed by atoms with E-state index in [-0.39, 0.29) is 17.0 Å². The van der Waals surface area contributed by atoms with Gasteiger partial charge in [-0.3, -0.25) is 0 Å². The highest BCUT2D eigenvalue weighted by molar-refractivity contribution is 6.74. The van der Waals surface area contributed by atoms with E-state index >= 15 is 0 Å². The molecule has 1 N–H and O–H groups in total. The summed E-state index contributed by atoms with van der Waals surface area (Å²) in [6.07, 6.45) is 0.900. The zero-order chi connectivity index (χ0) is 16.5. The molecular formula is C17H27NO3Si. The molecular weight excluding hydrogens is 294 g/mol. The minimum absolute atomic E-state index is 0.166. The Balaban J connectivity index is 2.27. The van der Waals surface area contributed by atoms with Gasteiger partial charge in [0.2, 0.25) is 8.32 Å². The number of ether oxygens (including phenoxy) is 1. The number of hydrogen-bond acceptors (Lipinski definition) is 4. The monoisotopic (exact) mass is 321 g/mol. The summed E-state index contributed by atoms with van der Waals surface area (Å²) >= 11 is 0. The third-order valence-corrected chi connectivity index (χ3v) is 9.14. The second-order valence-electron chi connectivity index (χ2n) is 7.38. The summed E-state index contributed by atoms with van der Waals surface area (Å²) in [6, 6.07) is 5.69. The van der Waals surface area contributed by atoms with Gasteiger partial charge in [-0.05, 0) is 47.8 Å². The molecule has 1 aromatic rings.